The number of alkyl halides is 2. The highest BCUT2D eigenvalue weighted by Crippen LogP contribution is 2.22. The highest BCUT2D eigenvalue weighted by Gasteiger charge is 2.22. The number of hydrogen-bond donors (Lipinski definition) is 2. The van der Waals surface area contributed by atoms with E-state index < -0.39 is 34.1 Å². The summed E-state index contributed by atoms with van der Waals surface area (Å²) in [6.45, 7) is 3.10. The lowest BCUT2D eigenvalue weighted by Crippen LogP contribution is -2.25. The van der Waals surface area contributed by atoms with Gasteiger partial charge in [0.15, 0.2) is 0 Å². The number of sulfonamides is 1. The van der Waals surface area contributed by atoms with Crippen molar-refractivity contribution in [3.63, 3.8) is 0 Å². The average molecular weight is 436 g/mol. The van der Waals surface area contributed by atoms with Crippen molar-refractivity contribution in [3.05, 3.63) is 60.2 Å². The van der Waals surface area contributed by atoms with Gasteiger partial charge in [-0.2, -0.15) is 5.10 Å². The number of aromatic nitrogens is 4. The molecule has 2 N–H and O–H groups in total. The van der Waals surface area contributed by atoms with Gasteiger partial charge in [0.25, 0.3) is 16.4 Å². The van der Waals surface area contributed by atoms with Gasteiger partial charge >= 0.3 is 0 Å². The Hall–Kier alpha value is -3.41. The molecule has 0 spiro atoms. The Morgan fingerprint density at radius 1 is 1.13 bits per heavy atom. The zero-order chi connectivity index (χ0) is 21.9. The molecule has 0 saturated heterocycles. The number of amides is 1. The van der Waals surface area contributed by atoms with Crippen LogP contribution in [0.25, 0.3) is 0 Å². The summed E-state index contributed by atoms with van der Waals surface area (Å²) in [6, 6.07) is 7.35. The molecule has 2 heterocycles. The second kappa shape index (κ2) is 8.53. The second-order valence-electron chi connectivity index (χ2n) is 6.32. The van der Waals surface area contributed by atoms with Crippen molar-refractivity contribution in [1.29, 1.82) is 0 Å². The summed E-state index contributed by atoms with van der Waals surface area (Å²) >= 11 is 0. The molecule has 0 radical (unpaired) electrons. The molecule has 1 aromatic carbocycles. The minimum absolute atomic E-state index is 0.0505. The normalized spacial score (nSPS) is 12.6. The molecule has 0 aliphatic heterocycles. The highest BCUT2D eigenvalue weighted by molar-refractivity contribution is 7.92. The van der Waals surface area contributed by atoms with Crippen LogP contribution in [0.2, 0.25) is 0 Å². The van der Waals surface area contributed by atoms with Crippen LogP contribution in [0.1, 0.15) is 30.8 Å². The molecule has 1 atom stereocenters. The van der Waals surface area contributed by atoms with E-state index in [1.54, 1.807) is 13.0 Å². The number of carbonyl (C=O) groups is 1. The molecular formula is C18H18F2N6O3S. The van der Waals surface area contributed by atoms with E-state index in [1.165, 1.54) is 54.3 Å². The monoisotopic (exact) mass is 436 g/mol. The fourth-order valence-corrected chi connectivity index (χ4v) is 3.58. The zero-order valence-corrected chi connectivity index (χ0v) is 16.8. The van der Waals surface area contributed by atoms with E-state index in [0.29, 0.717) is 11.4 Å². The molecular weight excluding hydrogens is 418 g/mol. The predicted molar refractivity (Wildman–Crippen MR) is 105 cm³/mol. The average Bonchev–Trinajstić information content (AvgIpc) is 3.10. The lowest BCUT2D eigenvalue weighted by atomic mass is 10.2. The quantitative estimate of drug-likeness (QED) is 0.588. The van der Waals surface area contributed by atoms with Crippen LogP contribution in [0.3, 0.4) is 0 Å². The van der Waals surface area contributed by atoms with Crippen LogP contribution >= 0.6 is 0 Å². The van der Waals surface area contributed by atoms with Crippen LogP contribution in [0, 0.1) is 6.92 Å². The maximum atomic E-state index is 12.8. The Balaban J connectivity index is 1.70. The summed E-state index contributed by atoms with van der Waals surface area (Å²) in [6.07, 6.45) is 0.0662. The fraction of sp³-hybridized carbons (Fsp3) is 0.222. The van der Waals surface area contributed by atoms with Crippen molar-refractivity contribution >= 4 is 27.6 Å². The molecule has 0 aliphatic rings. The molecule has 0 fully saturated rings. The number of aryl methyl sites for hydroxylation is 1. The molecule has 0 bridgehead atoms. The molecule has 0 aliphatic carbocycles. The number of halogens is 2. The van der Waals surface area contributed by atoms with E-state index in [1.807, 2.05) is 0 Å². The Bertz CT molecular complexity index is 1130. The van der Waals surface area contributed by atoms with E-state index >= 15 is 0 Å². The molecule has 0 saturated carbocycles. The highest BCUT2D eigenvalue weighted by atomic mass is 32.2. The van der Waals surface area contributed by atoms with Crippen LogP contribution in [0.5, 0.6) is 0 Å². The Labute approximate surface area is 171 Å². The van der Waals surface area contributed by atoms with Gasteiger partial charge in [-0.25, -0.2) is 31.9 Å². The van der Waals surface area contributed by atoms with Gasteiger partial charge in [0.1, 0.15) is 11.7 Å². The van der Waals surface area contributed by atoms with Gasteiger partial charge in [-0.1, -0.05) is 0 Å². The summed E-state index contributed by atoms with van der Waals surface area (Å²) in [7, 11) is -3.90. The van der Waals surface area contributed by atoms with E-state index in [0.717, 1.165) is 0 Å². The van der Waals surface area contributed by atoms with E-state index in [-0.39, 0.29) is 10.8 Å². The summed E-state index contributed by atoms with van der Waals surface area (Å²) in [5.74, 6) is -0.560. The number of benzene rings is 1. The standard InChI is InChI=1S/C18H18F2N6O3S/c1-11-10-15(16(19)20)24-26(11)12(2)17(27)23-13-4-6-14(7-5-13)30(28,29)25-18-21-8-3-9-22-18/h3-10,12,16H,1-2H3,(H,23,27)(H,21,22,25). The number of anilines is 2. The lowest BCUT2D eigenvalue weighted by molar-refractivity contribution is -0.119. The van der Waals surface area contributed by atoms with Gasteiger partial charge in [-0.3, -0.25) is 9.48 Å². The van der Waals surface area contributed by atoms with E-state index in [2.05, 4.69) is 25.1 Å². The first-order valence-corrected chi connectivity index (χ1v) is 10.2. The first kappa shape index (κ1) is 21.3. The Kier molecular flexibility index (Phi) is 6.06. The Morgan fingerprint density at radius 2 is 1.77 bits per heavy atom. The number of carbonyl (C=O) groups excluding carboxylic acids is 1. The summed E-state index contributed by atoms with van der Waals surface area (Å²) in [4.78, 5) is 20.0. The van der Waals surface area contributed by atoms with Crippen molar-refractivity contribution in [1.82, 2.24) is 19.7 Å². The van der Waals surface area contributed by atoms with Crippen LogP contribution in [-0.4, -0.2) is 34.1 Å². The first-order chi connectivity index (χ1) is 14.2. The van der Waals surface area contributed by atoms with Crippen LogP contribution in [0.15, 0.2) is 53.7 Å². The summed E-state index contributed by atoms with van der Waals surface area (Å²) in [5.41, 5.74) is 0.348. The minimum atomic E-state index is -3.90. The second-order valence-corrected chi connectivity index (χ2v) is 8.01. The van der Waals surface area contributed by atoms with Gasteiger partial charge in [0.2, 0.25) is 11.9 Å². The van der Waals surface area contributed by atoms with Gasteiger partial charge in [-0.15, -0.1) is 0 Å². The van der Waals surface area contributed by atoms with Gasteiger partial charge in [0.05, 0.1) is 4.90 Å². The minimum Gasteiger partial charge on any atom is -0.324 e. The van der Waals surface area contributed by atoms with Crippen molar-refractivity contribution in [3.8, 4) is 0 Å². The molecule has 3 aromatic rings. The van der Waals surface area contributed by atoms with Crippen LogP contribution < -0.4 is 10.0 Å². The van der Waals surface area contributed by atoms with E-state index in [4.69, 9.17) is 0 Å². The third kappa shape index (κ3) is 4.76. The van der Waals surface area contributed by atoms with Crippen molar-refractivity contribution in [2.24, 2.45) is 0 Å². The molecule has 158 valence electrons. The van der Waals surface area contributed by atoms with Crippen LogP contribution in [0.4, 0.5) is 20.4 Å². The van der Waals surface area contributed by atoms with Gasteiger partial charge in [-0.05, 0) is 50.2 Å². The van der Waals surface area contributed by atoms with Gasteiger partial charge in [0, 0.05) is 23.8 Å². The third-order valence-electron chi connectivity index (χ3n) is 4.13. The van der Waals surface area contributed by atoms with Crippen LogP contribution in [-0.2, 0) is 14.8 Å². The summed E-state index contributed by atoms with van der Waals surface area (Å²) in [5, 5.41) is 6.37. The topological polar surface area (TPSA) is 119 Å². The smallest absolute Gasteiger partial charge is 0.282 e. The van der Waals surface area contributed by atoms with Gasteiger partial charge < -0.3 is 5.32 Å². The number of hydrogen-bond acceptors (Lipinski definition) is 6. The molecule has 1 unspecified atom stereocenters. The zero-order valence-electron chi connectivity index (χ0n) is 16.0. The van der Waals surface area contributed by atoms with Crippen molar-refractivity contribution < 1.29 is 22.0 Å². The van der Waals surface area contributed by atoms with E-state index in [9.17, 15) is 22.0 Å². The Morgan fingerprint density at radius 3 is 2.33 bits per heavy atom. The molecule has 12 heteroatoms. The summed E-state index contributed by atoms with van der Waals surface area (Å²) < 4.78 is 53.8. The molecule has 9 nitrogen and oxygen atoms in total. The first-order valence-electron chi connectivity index (χ1n) is 8.72. The lowest BCUT2D eigenvalue weighted by Gasteiger charge is -2.15. The molecule has 1 amide bonds. The largest absolute Gasteiger partial charge is 0.324 e. The molecule has 3 rings (SSSR count). The maximum Gasteiger partial charge on any atom is 0.282 e. The molecule has 2 aromatic heterocycles. The number of nitrogens with zero attached hydrogens (tertiary/aromatic N) is 4. The SMILES string of the molecule is Cc1cc(C(F)F)nn1C(C)C(=O)Nc1ccc(S(=O)(=O)Nc2ncccn2)cc1. The third-order valence-corrected chi connectivity index (χ3v) is 5.48. The fourth-order valence-electron chi connectivity index (χ4n) is 2.62. The maximum absolute atomic E-state index is 12.8. The predicted octanol–water partition coefficient (Wildman–Crippen LogP) is 2.92. The number of rotatable bonds is 7. The number of nitrogens with one attached hydrogen (secondary N) is 2. The molecule has 30 heavy (non-hydrogen) atoms. The van der Waals surface area contributed by atoms with Crippen molar-refractivity contribution in [2.75, 3.05) is 10.0 Å². The van der Waals surface area contributed by atoms with Crippen molar-refractivity contribution in [2.45, 2.75) is 31.2 Å².